The SMILES string of the molecule is O=C(NS(=O)(=O)c1ccc(Cl)cc1F)C1(c2ccccc2)CCC1. The van der Waals surface area contributed by atoms with E-state index in [2.05, 4.69) is 0 Å². The van der Waals surface area contributed by atoms with Gasteiger partial charge in [-0.3, -0.25) is 4.79 Å². The first kappa shape index (κ1) is 16.9. The second kappa shape index (κ2) is 6.18. The average Bonchev–Trinajstić information content (AvgIpc) is 2.46. The predicted molar refractivity (Wildman–Crippen MR) is 88.7 cm³/mol. The number of hydrogen-bond donors (Lipinski definition) is 1. The quantitative estimate of drug-likeness (QED) is 0.900. The highest BCUT2D eigenvalue weighted by atomic mass is 35.5. The summed E-state index contributed by atoms with van der Waals surface area (Å²) in [6.45, 7) is 0. The van der Waals surface area contributed by atoms with Gasteiger partial charge >= 0.3 is 0 Å². The zero-order valence-corrected chi connectivity index (χ0v) is 14.2. The summed E-state index contributed by atoms with van der Waals surface area (Å²) in [6.07, 6.45) is 1.95. The van der Waals surface area contributed by atoms with Crippen LogP contribution in [0, 0.1) is 5.82 Å². The van der Waals surface area contributed by atoms with Gasteiger partial charge in [0.1, 0.15) is 10.7 Å². The van der Waals surface area contributed by atoms with Gasteiger partial charge in [-0.2, -0.15) is 0 Å². The highest BCUT2D eigenvalue weighted by Crippen LogP contribution is 2.44. The maximum absolute atomic E-state index is 13.9. The first-order valence-electron chi connectivity index (χ1n) is 7.43. The Labute approximate surface area is 144 Å². The van der Waals surface area contributed by atoms with Gasteiger partial charge < -0.3 is 0 Å². The summed E-state index contributed by atoms with van der Waals surface area (Å²) >= 11 is 5.63. The number of nitrogens with one attached hydrogen (secondary N) is 1. The number of benzene rings is 2. The Morgan fingerprint density at radius 1 is 1.12 bits per heavy atom. The van der Waals surface area contributed by atoms with Gasteiger partial charge in [0.25, 0.3) is 10.0 Å². The van der Waals surface area contributed by atoms with Crippen molar-refractivity contribution in [2.75, 3.05) is 0 Å². The van der Waals surface area contributed by atoms with Crippen LogP contribution in [-0.2, 0) is 20.2 Å². The third kappa shape index (κ3) is 2.91. The molecule has 1 amide bonds. The van der Waals surface area contributed by atoms with E-state index in [1.54, 1.807) is 24.3 Å². The summed E-state index contributed by atoms with van der Waals surface area (Å²) in [5.41, 5.74) is -0.113. The van der Waals surface area contributed by atoms with Crippen LogP contribution in [0.15, 0.2) is 53.4 Å². The van der Waals surface area contributed by atoms with Gasteiger partial charge in [-0.05, 0) is 36.6 Å². The summed E-state index contributed by atoms with van der Waals surface area (Å²) in [5.74, 6) is -1.63. The van der Waals surface area contributed by atoms with Gasteiger partial charge in [0.2, 0.25) is 5.91 Å². The number of hydrogen-bond acceptors (Lipinski definition) is 3. The fourth-order valence-corrected chi connectivity index (χ4v) is 4.17. The molecule has 0 radical (unpaired) electrons. The van der Waals surface area contributed by atoms with Crippen molar-refractivity contribution in [1.82, 2.24) is 4.72 Å². The monoisotopic (exact) mass is 367 g/mol. The van der Waals surface area contributed by atoms with E-state index in [0.717, 1.165) is 24.1 Å². The summed E-state index contributed by atoms with van der Waals surface area (Å²) in [7, 11) is -4.31. The zero-order chi connectivity index (χ0) is 17.4. The van der Waals surface area contributed by atoms with Gasteiger partial charge in [-0.15, -0.1) is 0 Å². The van der Waals surface area contributed by atoms with Crippen LogP contribution in [-0.4, -0.2) is 14.3 Å². The van der Waals surface area contributed by atoms with Crippen LogP contribution in [0.2, 0.25) is 5.02 Å². The average molecular weight is 368 g/mol. The van der Waals surface area contributed by atoms with Crippen LogP contribution in [0.1, 0.15) is 24.8 Å². The van der Waals surface area contributed by atoms with Gasteiger partial charge in [-0.1, -0.05) is 48.4 Å². The molecular weight excluding hydrogens is 353 g/mol. The molecule has 24 heavy (non-hydrogen) atoms. The van der Waals surface area contributed by atoms with E-state index >= 15 is 0 Å². The minimum Gasteiger partial charge on any atom is -0.273 e. The van der Waals surface area contributed by atoms with Gasteiger partial charge in [0.15, 0.2) is 0 Å². The molecule has 3 rings (SSSR count). The van der Waals surface area contributed by atoms with Crippen LogP contribution in [0.4, 0.5) is 4.39 Å². The summed E-state index contributed by atoms with van der Waals surface area (Å²) in [4.78, 5) is 12.1. The van der Waals surface area contributed by atoms with E-state index in [0.29, 0.717) is 12.8 Å². The Kier molecular flexibility index (Phi) is 4.36. The highest BCUT2D eigenvalue weighted by molar-refractivity contribution is 7.90. The minimum atomic E-state index is -4.31. The Balaban J connectivity index is 1.91. The van der Waals surface area contributed by atoms with Crippen molar-refractivity contribution in [1.29, 1.82) is 0 Å². The van der Waals surface area contributed by atoms with Crippen LogP contribution < -0.4 is 4.72 Å². The molecule has 0 heterocycles. The van der Waals surface area contributed by atoms with E-state index in [-0.39, 0.29) is 5.02 Å². The van der Waals surface area contributed by atoms with E-state index in [1.165, 1.54) is 6.07 Å². The second-order valence-corrected chi connectivity index (χ2v) is 7.90. The van der Waals surface area contributed by atoms with Crippen molar-refractivity contribution < 1.29 is 17.6 Å². The maximum atomic E-state index is 13.9. The van der Waals surface area contributed by atoms with Gasteiger partial charge in [-0.25, -0.2) is 17.5 Å². The van der Waals surface area contributed by atoms with Crippen molar-refractivity contribution in [2.24, 2.45) is 0 Å². The zero-order valence-electron chi connectivity index (χ0n) is 12.6. The van der Waals surface area contributed by atoms with Gasteiger partial charge in [0, 0.05) is 5.02 Å². The first-order valence-corrected chi connectivity index (χ1v) is 9.29. The van der Waals surface area contributed by atoms with Crippen molar-refractivity contribution in [3.63, 3.8) is 0 Å². The molecule has 126 valence electrons. The Bertz CT molecular complexity index is 880. The van der Waals surface area contributed by atoms with Crippen molar-refractivity contribution in [2.45, 2.75) is 29.6 Å². The standard InChI is InChI=1S/C17H15ClFNO3S/c18-13-7-8-15(14(19)11-13)24(22,23)20-16(21)17(9-4-10-17)12-5-2-1-3-6-12/h1-3,5-8,11H,4,9-10H2,(H,20,21). The fourth-order valence-electron chi connectivity index (χ4n) is 2.90. The normalized spacial score (nSPS) is 16.2. The molecule has 0 bridgehead atoms. The van der Waals surface area contributed by atoms with Crippen LogP contribution in [0.5, 0.6) is 0 Å². The lowest BCUT2D eigenvalue weighted by Gasteiger charge is -2.40. The van der Waals surface area contributed by atoms with Crippen molar-refractivity contribution in [3.05, 3.63) is 64.9 Å². The molecule has 0 aliphatic heterocycles. The van der Waals surface area contributed by atoms with Crippen LogP contribution >= 0.6 is 11.6 Å². The minimum absolute atomic E-state index is 0.0810. The molecule has 1 fully saturated rings. The largest absolute Gasteiger partial charge is 0.273 e. The summed E-state index contributed by atoms with van der Waals surface area (Å²) < 4.78 is 40.7. The van der Waals surface area contributed by atoms with E-state index < -0.39 is 32.1 Å². The Hall–Kier alpha value is -1.92. The van der Waals surface area contributed by atoms with Crippen LogP contribution in [0.25, 0.3) is 0 Å². The second-order valence-electron chi connectivity index (χ2n) is 5.81. The number of halogens is 2. The van der Waals surface area contributed by atoms with Crippen LogP contribution in [0.3, 0.4) is 0 Å². The summed E-state index contributed by atoms with van der Waals surface area (Å²) in [6, 6.07) is 12.2. The van der Waals surface area contributed by atoms with Crippen molar-refractivity contribution >= 4 is 27.5 Å². The lowest BCUT2D eigenvalue weighted by atomic mass is 9.64. The number of carbonyl (C=O) groups excluding carboxylic acids is 1. The smallest absolute Gasteiger partial charge is 0.266 e. The molecule has 1 saturated carbocycles. The molecule has 1 aliphatic rings. The first-order chi connectivity index (χ1) is 11.3. The number of carbonyl (C=O) groups is 1. The molecule has 0 saturated heterocycles. The topological polar surface area (TPSA) is 63.2 Å². The molecule has 0 atom stereocenters. The Morgan fingerprint density at radius 2 is 1.79 bits per heavy atom. The lowest BCUT2D eigenvalue weighted by molar-refractivity contribution is -0.128. The van der Waals surface area contributed by atoms with E-state index in [1.807, 2.05) is 10.8 Å². The predicted octanol–water partition coefficient (Wildman–Crippen LogP) is 3.41. The number of rotatable bonds is 4. The highest BCUT2D eigenvalue weighted by Gasteiger charge is 2.47. The molecule has 4 nitrogen and oxygen atoms in total. The molecule has 7 heteroatoms. The fraction of sp³-hybridized carbons (Fsp3) is 0.235. The number of amides is 1. The molecule has 0 spiro atoms. The maximum Gasteiger partial charge on any atom is 0.266 e. The van der Waals surface area contributed by atoms with E-state index in [9.17, 15) is 17.6 Å². The molecule has 0 aromatic heterocycles. The Morgan fingerprint density at radius 3 is 2.33 bits per heavy atom. The molecule has 1 aliphatic carbocycles. The molecule has 2 aromatic carbocycles. The van der Waals surface area contributed by atoms with Crippen molar-refractivity contribution in [3.8, 4) is 0 Å². The van der Waals surface area contributed by atoms with E-state index in [4.69, 9.17) is 11.6 Å². The third-order valence-corrected chi connectivity index (χ3v) is 5.98. The molecule has 2 aromatic rings. The third-order valence-electron chi connectivity index (χ3n) is 4.38. The molecular formula is C17H15ClFNO3S. The summed E-state index contributed by atoms with van der Waals surface area (Å²) in [5, 5.41) is 0.0810. The van der Waals surface area contributed by atoms with Gasteiger partial charge in [0.05, 0.1) is 5.41 Å². The lowest BCUT2D eigenvalue weighted by Crippen LogP contribution is -2.50. The molecule has 0 unspecified atom stereocenters. The molecule has 1 N–H and O–H groups in total. The number of sulfonamides is 1.